The molecule has 0 radical (unpaired) electrons. The Kier molecular flexibility index (Phi) is 10.8. The molecule has 186 valence electrons. The van der Waals surface area contributed by atoms with Crippen LogP contribution in [-0.4, -0.2) is 55.0 Å². The molecule has 3 aliphatic rings. The van der Waals surface area contributed by atoms with Crippen LogP contribution in [0.4, 0.5) is 0 Å². The van der Waals surface area contributed by atoms with Gasteiger partial charge in [-0.3, -0.25) is 9.59 Å². The van der Waals surface area contributed by atoms with Gasteiger partial charge in [-0.05, 0) is 45.1 Å². The lowest BCUT2D eigenvalue weighted by atomic mass is 9.88. The second-order valence-electron chi connectivity index (χ2n) is 9.51. The number of nitrogens with one attached hydrogen (secondary N) is 1. The van der Waals surface area contributed by atoms with Gasteiger partial charge in [0.2, 0.25) is 11.8 Å². The van der Waals surface area contributed by atoms with Crippen molar-refractivity contribution in [2.45, 2.75) is 96.7 Å². The van der Waals surface area contributed by atoms with Gasteiger partial charge in [0.25, 0.3) is 0 Å². The largest absolute Gasteiger partial charge is 0.374 e. The van der Waals surface area contributed by atoms with Crippen molar-refractivity contribution in [3.63, 3.8) is 0 Å². The Bertz CT molecular complexity index is 737. The first-order chi connectivity index (χ1) is 15.6. The van der Waals surface area contributed by atoms with Crippen molar-refractivity contribution >= 4 is 11.8 Å². The molecule has 0 saturated carbocycles. The van der Waals surface area contributed by atoms with Gasteiger partial charge in [0.1, 0.15) is 0 Å². The first kappa shape index (κ1) is 27.3. The van der Waals surface area contributed by atoms with Gasteiger partial charge in [-0.1, -0.05) is 43.7 Å². The second-order valence-corrected chi connectivity index (χ2v) is 9.51. The van der Waals surface area contributed by atoms with E-state index >= 15 is 0 Å². The van der Waals surface area contributed by atoms with E-state index in [0.29, 0.717) is 5.92 Å². The molecular formula is C26H42N2O5. The van der Waals surface area contributed by atoms with Crippen LogP contribution in [0.25, 0.3) is 0 Å². The molecule has 3 rings (SSSR count). The number of hydrogen-bond acceptors (Lipinski definition) is 5. The Morgan fingerprint density at radius 1 is 1.21 bits per heavy atom. The fourth-order valence-corrected chi connectivity index (χ4v) is 4.21. The number of carbonyl (C=O) groups is 2. The summed E-state index contributed by atoms with van der Waals surface area (Å²) in [5.74, 6) is 0.0374. The Balaban J connectivity index is 0.000000890. The van der Waals surface area contributed by atoms with Crippen LogP contribution in [0.2, 0.25) is 0 Å². The SMILES string of the molecule is CC(N)=O.CC/C=C\C(=O)NC1CC(C)C(C/C=C(C)/C=C/C2CC3(CCO2)CO3)OC1C. The lowest BCUT2D eigenvalue weighted by Crippen LogP contribution is -2.50. The lowest BCUT2D eigenvalue weighted by Gasteiger charge is -2.39. The normalized spacial score (nSPS) is 34.2. The van der Waals surface area contributed by atoms with Crippen molar-refractivity contribution in [2.75, 3.05) is 13.2 Å². The predicted molar refractivity (Wildman–Crippen MR) is 130 cm³/mol. The van der Waals surface area contributed by atoms with Gasteiger partial charge in [-0.15, -0.1) is 0 Å². The molecule has 3 heterocycles. The van der Waals surface area contributed by atoms with Crippen LogP contribution < -0.4 is 11.1 Å². The minimum Gasteiger partial charge on any atom is -0.374 e. The average molecular weight is 463 g/mol. The highest BCUT2D eigenvalue weighted by atomic mass is 16.6. The fraction of sp³-hybridized carbons (Fsp3) is 0.692. The van der Waals surface area contributed by atoms with Crippen molar-refractivity contribution in [2.24, 2.45) is 11.7 Å². The summed E-state index contributed by atoms with van der Waals surface area (Å²) >= 11 is 0. The third-order valence-electron chi connectivity index (χ3n) is 6.31. The number of primary amides is 1. The van der Waals surface area contributed by atoms with E-state index in [9.17, 15) is 9.59 Å². The van der Waals surface area contributed by atoms with Gasteiger partial charge in [0.05, 0.1) is 43.2 Å². The Labute approximate surface area is 198 Å². The van der Waals surface area contributed by atoms with Crippen LogP contribution in [0.3, 0.4) is 0 Å². The molecule has 7 nitrogen and oxygen atoms in total. The zero-order valence-corrected chi connectivity index (χ0v) is 20.8. The fourth-order valence-electron chi connectivity index (χ4n) is 4.21. The molecule has 7 heteroatoms. The number of carbonyl (C=O) groups excluding carboxylic acids is 2. The van der Waals surface area contributed by atoms with Gasteiger partial charge < -0.3 is 25.3 Å². The summed E-state index contributed by atoms with van der Waals surface area (Å²) < 4.78 is 17.7. The van der Waals surface area contributed by atoms with E-state index in [2.05, 4.69) is 50.0 Å². The molecule has 0 aromatic rings. The van der Waals surface area contributed by atoms with Gasteiger partial charge in [-0.2, -0.15) is 0 Å². The Hall–Kier alpha value is -1.96. The number of ether oxygens (including phenoxy) is 3. The first-order valence-corrected chi connectivity index (χ1v) is 12.1. The van der Waals surface area contributed by atoms with Crippen molar-refractivity contribution < 1.29 is 23.8 Å². The standard InChI is InChI=1S/C24H37NO4.C2H5NO/c1-5-6-7-23(26)25-21-14-18(3)22(29-19(21)4)11-9-17(2)8-10-20-15-24(16-28-24)12-13-27-20;1-2(3)4/h6-10,18-22H,5,11-16H2,1-4H3,(H,25,26);1H3,(H2,3,4)/b7-6-,10-8+,17-9+;. The van der Waals surface area contributed by atoms with Crippen LogP contribution in [0.15, 0.2) is 36.0 Å². The molecule has 3 saturated heterocycles. The number of amides is 2. The molecule has 3 N–H and O–H groups in total. The first-order valence-electron chi connectivity index (χ1n) is 12.1. The minimum absolute atomic E-state index is 0.0183. The zero-order chi connectivity index (χ0) is 24.4. The Morgan fingerprint density at radius 2 is 1.91 bits per heavy atom. The number of rotatable bonds is 7. The number of hydrogen-bond donors (Lipinski definition) is 2. The summed E-state index contributed by atoms with van der Waals surface area (Å²) in [6.45, 7) is 11.4. The van der Waals surface area contributed by atoms with Gasteiger partial charge in [0.15, 0.2) is 0 Å². The Morgan fingerprint density at radius 3 is 2.55 bits per heavy atom. The maximum absolute atomic E-state index is 12.0. The number of nitrogens with two attached hydrogens (primary N) is 1. The molecule has 6 atom stereocenters. The van der Waals surface area contributed by atoms with Crippen molar-refractivity contribution in [1.29, 1.82) is 0 Å². The third kappa shape index (κ3) is 9.82. The molecule has 33 heavy (non-hydrogen) atoms. The third-order valence-corrected chi connectivity index (χ3v) is 6.31. The zero-order valence-electron chi connectivity index (χ0n) is 20.8. The quantitative estimate of drug-likeness (QED) is 0.342. The molecule has 0 bridgehead atoms. The molecule has 3 fully saturated rings. The van der Waals surface area contributed by atoms with Crippen LogP contribution in [0, 0.1) is 5.92 Å². The summed E-state index contributed by atoms with van der Waals surface area (Å²) in [6, 6.07) is 0.0700. The van der Waals surface area contributed by atoms with Crippen LogP contribution in [0.5, 0.6) is 0 Å². The second kappa shape index (κ2) is 13.1. The molecular weight excluding hydrogens is 420 g/mol. The summed E-state index contributed by atoms with van der Waals surface area (Å²) in [5, 5.41) is 3.09. The maximum Gasteiger partial charge on any atom is 0.243 e. The van der Waals surface area contributed by atoms with E-state index in [4.69, 9.17) is 14.2 Å². The van der Waals surface area contributed by atoms with Crippen molar-refractivity contribution in [1.82, 2.24) is 5.32 Å². The van der Waals surface area contributed by atoms with Gasteiger partial charge in [-0.25, -0.2) is 0 Å². The van der Waals surface area contributed by atoms with E-state index in [0.717, 1.165) is 45.3 Å². The summed E-state index contributed by atoms with van der Waals surface area (Å²) in [5.41, 5.74) is 5.82. The highest BCUT2D eigenvalue weighted by Crippen LogP contribution is 2.39. The van der Waals surface area contributed by atoms with Crippen LogP contribution in [-0.2, 0) is 23.8 Å². The van der Waals surface area contributed by atoms with E-state index < -0.39 is 0 Å². The molecule has 2 amide bonds. The maximum atomic E-state index is 12.0. The van der Waals surface area contributed by atoms with Crippen molar-refractivity contribution in [3.8, 4) is 0 Å². The van der Waals surface area contributed by atoms with E-state index in [1.807, 2.05) is 13.0 Å². The average Bonchev–Trinajstić information content (AvgIpc) is 3.49. The molecule has 3 aliphatic heterocycles. The molecule has 0 aliphatic carbocycles. The van der Waals surface area contributed by atoms with Gasteiger partial charge in [0, 0.05) is 19.8 Å². The summed E-state index contributed by atoms with van der Waals surface area (Å²) in [7, 11) is 0. The minimum atomic E-state index is -0.333. The highest BCUT2D eigenvalue weighted by Gasteiger charge is 2.48. The van der Waals surface area contributed by atoms with E-state index in [1.165, 1.54) is 12.5 Å². The van der Waals surface area contributed by atoms with Crippen LogP contribution >= 0.6 is 0 Å². The highest BCUT2D eigenvalue weighted by molar-refractivity contribution is 5.87. The molecule has 0 aromatic heterocycles. The van der Waals surface area contributed by atoms with Crippen LogP contribution in [0.1, 0.15) is 66.7 Å². The molecule has 0 aromatic carbocycles. The van der Waals surface area contributed by atoms with E-state index in [-0.39, 0.29) is 41.8 Å². The summed E-state index contributed by atoms with van der Waals surface area (Å²) in [4.78, 5) is 21.2. The number of allylic oxidation sites excluding steroid dienone is 3. The predicted octanol–water partition coefficient (Wildman–Crippen LogP) is 3.58. The van der Waals surface area contributed by atoms with E-state index in [1.54, 1.807) is 6.08 Å². The number of epoxide rings is 1. The topological polar surface area (TPSA) is 103 Å². The van der Waals surface area contributed by atoms with Gasteiger partial charge >= 0.3 is 0 Å². The monoisotopic (exact) mass is 462 g/mol. The summed E-state index contributed by atoms with van der Waals surface area (Å²) in [6.07, 6.45) is 15.1. The lowest BCUT2D eigenvalue weighted by molar-refractivity contribution is -0.123. The van der Waals surface area contributed by atoms with Crippen molar-refractivity contribution in [3.05, 3.63) is 36.0 Å². The smallest absolute Gasteiger partial charge is 0.243 e. The molecule has 1 spiro atoms. The molecule has 6 unspecified atom stereocenters.